The second-order valence-electron chi connectivity index (χ2n) is 6.44. The molecule has 3 aromatic rings. The van der Waals surface area contributed by atoms with Gasteiger partial charge >= 0.3 is 0 Å². The van der Waals surface area contributed by atoms with Crippen molar-refractivity contribution in [2.45, 2.75) is 33.0 Å². The Morgan fingerprint density at radius 1 is 1.21 bits per heavy atom. The maximum absolute atomic E-state index is 12.6. The molecule has 146 valence electrons. The molecule has 0 saturated carbocycles. The SMILES string of the molecule is CCC(C)Oc1cccc(C(=O)Nc2ccc(Cl)c(-c3ccc(CO)o3)c2)c1. The Morgan fingerprint density at radius 2 is 2.04 bits per heavy atom. The molecule has 0 fully saturated rings. The van der Waals surface area contributed by atoms with Crippen LogP contribution in [0.25, 0.3) is 11.3 Å². The lowest BCUT2D eigenvalue weighted by atomic mass is 10.1. The van der Waals surface area contributed by atoms with Crippen LogP contribution >= 0.6 is 11.6 Å². The van der Waals surface area contributed by atoms with Gasteiger partial charge in [0.15, 0.2) is 0 Å². The summed E-state index contributed by atoms with van der Waals surface area (Å²) in [4.78, 5) is 12.6. The van der Waals surface area contributed by atoms with Crippen molar-refractivity contribution in [2.75, 3.05) is 5.32 Å². The number of hydrogen-bond donors (Lipinski definition) is 2. The van der Waals surface area contributed by atoms with Crippen molar-refractivity contribution in [1.82, 2.24) is 0 Å². The molecule has 0 spiro atoms. The van der Waals surface area contributed by atoms with Crippen LogP contribution in [0.3, 0.4) is 0 Å². The largest absolute Gasteiger partial charge is 0.491 e. The van der Waals surface area contributed by atoms with Crippen LogP contribution in [0.5, 0.6) is 5.75 Å². The van der Waals surface area contributed by atoms with Gasteiger partial charge in [-0.05, 0) is 61.9 Å². The summed E-state index contributed by atoms with van der Waals surface area (Å²) >= 11 is 6.27. The molecule has 5 nitrogen and oxygen atoms in total. The van der Waals surface area contributed by atoms with E-state index in [1.54, 1.807) is 48.5 Å². The van der Waals surface area contributed by atoms with E-state index in [2.05, 4.69) is 5.32 Å². The highest BCUT2D eigenvalue weighted by atomic mass is 35.5. The minimum Gasteiger partial charge on any atom is -0.491 e. The van der Waals surface area contributed by atoms with Crippen LogP contribution in [0.1, 0.15) is 36.4 Å². The van der Waals surface area contributed by atoms with Crippen molar-refractivity contribution in [2.24, 2.45) is 0 Å². The van der Waals surface area contributed by atoms with Crippen LogP contribution < -0.4 is 10.1 Å². The summed E-state index contributed by atoms with van der Waals surface area (Å²) in [5.74, 6) is 1.37. The van der Waals surface area contributed by atoms with E-state index in [4.69, 9.17) is 25.9 Å². The van der Waals surface area contributed by atoms with Crippen LogP contribution in [0.4, 0.5) is 5.69 Å². The predicted molar refractivity (Wildman–Crippen MR) is 110 cm³/mol. The van der Waals surface area contributed by atoms with E-state index in [1.807, 2.05) is 19.9 Å². The monoisotopic (exact) mass is 399 g/mol. The molecule has 1 aromatic heterocycles. The van der Waals surface area contributed by atoms with Gasteiger partial charge in [-0.25, -0.2) is 0 Å². The predicted octanol–water partition coefficient (Wildman–Crippen LogP) is 5.52. The zero-order valence-electron chi connectivity index (χ0n) is 15.7. The Kier molecular flexibility index (Phi) is 6.39. The van der Waals surface area contributed by atoms with Gasteiger partial charge in [0.2, 0.25) is 0 Å². The first-order valence-corrected chi connectivity index (χ1v) is 9.45. The van der Waals surface area contributed by atoms with Crippen LogP contribution in [-0.2, 0) is 6.61 Å². The van der Waals surface area contributed by atoms with E-state index in [0.717, 1.165) is 6.42 Å². The summed E-state index contributed by atoms with van der Waals surface area (Å²) < 4.78 is 11.3. The molecule has 0 aliphatic rings. The Balaban J connectivity index is 1.79. The lowest BCUT2D eigenvalue weighted by molar-refractivity contribution is 0.102. The molecular formula is C22H22ClNO4. The molecule has 1 amide bonds. The number of hydrogen-bond acceptors (Lipinski definition) is 4. The average Bonchev–Trinajstić information content (AvgIpc) is 3.18. The third-order valence-corrected chi connectivity index (χ3v) is 4.65. The first-order chi connectivity index (χ1) is 13.5. The number of anilines is 1. The van der Waals surface area contributed by atoms with Gasteiger partial charge in [-0.3, -0.25) is 4.79 Å². The number of aliphatic hydroxyl groups is 1. The van der Waals surface area contributed by atoms with Gasteiger partial charge in [0.1, 0.15) is 23.9 Å². The van der Waals surface area contributed by atoms with Crippen LogP contribution in [0, 0.1) is 0 Å². The van der Waals surface area contributed by atoms with Gasteiger partial charge in [-0.1, -0.05) is 24.6 Å². The normalized spacial score (nSPS) is 11.9. The number of nitrogens with one attached hydrogen (secondary N) is 1. The van der Waals surface area contributed by atoms with Crippen molar-refractivity contribution < 1.29 is 19.1 Å². The maximum Gasteiger partial charge on any atom is 0.255 e. The fourth-order valence-electron chi connectivity index (χ4n) is 2.63. The molecular weight excluding hydrogens is 378 g/mol. The van der Waals surface area contributed by atoms with Crippen molar-refractivity contribution in [3.8, 4) is 17.1 Å². The molecule has 2 aromatic carbocycles. The number of benzene rings is 2. The van der Waals surface area contributed by atoms with E-state index < -0.39 is 0 Å². The highest BCUT2D eigenvalue weighted by molar-refractivity contribution is 6.33. The molecule has 0 radical (unpaired) electrons. The molecule has 0 aliphatic heterocycles. The molecule has 0 saturated heterocycles. The molecule has 0 aliphatic carbocycles. The van der Waals surface area contributed by atoms with E-state index in [9.17, 15) is 4.79 Å². The smallest absolute Gasteiger partial charge is 0.255 e. The van der Waals surface area contributed by atoms with Crippen molar-refractivity contribution in [3.63, 3.8) is 0 Å². The summed E-state index contributed by atoms with van der Waals surface area (Å²) in [5, 5.41) is 12.5. The minimum atomic E-state index is -0.252. The first-order valence-electron chi connectivity index (χ1n) is 9.07. The van der Waals surface area contributed by atoms with E-state index in [0.29, 0.717) is 39.1 Å². The maximum atomic E-state index is 12.6. The van der Waals surface area contributed by atoms with Gasteiger partial charge in [0.05, 0.1) is 11.1 Å². The molecule has 1 atom stereocenters. The van der Waals surface area contributed by atoms with Crippen molar-refractivity contribution in [1.29, 1.82) is 0 Å². The highest BCUT2D eigenvalue weighted by Crippen LogP contribution is 2.32. The molecule has 2 N–H and O–H groups in total. The average molecular weight is 400 g/mol. The van der Waals surface area contributed by atoms with Crippen LogP contribution in [0.2, 0.25) is 5.02 Å². The lowest BCUT2D eigenvalue weighted by Crippen LogP contribution is -2.13. The zero-order chi connectivity index (χ0) is 20.1. The number of carbonyl (C=O) groups excluding carboxylic acids is 1. The molecule has 28 heavy (non-hydrogen) atoms. The molecule has 1 unspecified atom stereocenters. The second kappa shape index (κ2) is 8.95. The summed E-state index contributed by atoms with van der Waals surface area (Å²) in [5.41, 5.74) is 1.71. The van der Waals surface area contributed by atoms with Crippen molar-refractivity contribution >= 4 is 23.2 Å². The van der Waals surface area contributed by atoms with E-state index >= 15 is 0 Å². The Morgan fingerprint density at radius 3 is 2.75 bits per heavy atom. The fraction of sp³-hybridized carbons (Fsp3) is 0.227. The number of halogens is 1. The number of rotatable bonds is 7. The molecule has 0 bridgehead atoms. The molecule has 3 rings (SSSR count). The number of carbonyl (C=O) groups is 1. The number of amides is 1. The Labute approximate surface area is 168 Å². The Bertz CT molecular complexity index is 967. The van der Waals surface area contributed by atoms with Crippen LogP contribution in [-0.4, -0.2) is 17.1 Å². The van der Waals surface area contributed by atoms with Gasteiger partial charge < -0.3 is 19.6 Å². The first kappa shape index (κ1) is 20.0. The van der Waals surface area contributed by atoms with Crippen LogP contribution in [0.15, 0.2) is 59.0 Å². The summed E-state index contributed by atoms with van der Waals surface area (Å²) in [6.07, 6.45) is 0.962. The molecule has 6 heteroatoms. The number of furan rings is 1. The topological polar surface area (TPSA) is 71.7 Å². The third kappa shape index (κ3) is 4.74. The van der Waals surface area contributed by atoms with Gasteiger partial charge in [-0.15, -0.1) is 0 Å². The van der Waals surface area contributed by atoms with Gasteiger partial charge in [0, 0.05) is 16.8 Å². The molecule has 1 heterocycles. The van der Waals surface area contributed by atoms with Crippen molar-refractivity contribution in [3.05, 3.63) is 70.9 Å². The minimum absolute atomic E-state index is 0.0780. The highest BCUT2D eigenvalue weighted by Gasteiger charge is 2.13. The van der Waals surface area contributed by atoms with E-state index in [-0.39, 0.29) is 18.6 Å². The zero-order valence-corrected chi connectivity index (χ0v) is 16.5. The number of aliphatic hydroxyl groups excluding tert-OH is 1. The second-order valence-corrected chi connectivity index (χ2v) is 6.84. The third-order valence-electron chi connectivity index (χ3n) is 4.32. The quantitative estimate of drug-likeness (QED) is 0.548. The van der Waals surface area contributed by atoms with E-state index in [1.165, 1.54) is 0 Å². The van der Waals surface area contributed by atoms with Gasteiger partial charge in [-0.2, -0.15) is 0 Å². The van der Waals surface area contributed by atoms with Gasteiger partial charge in [0.25, 0.3) is 5.91 Å². The summed E-state index contributed by atoms with van der Waals surface area (Å²) in [6.45, 7) is 3.84. The lowest BCUT2D eigenvalue weighted by Gasteiger charge is -2.13. The summed E-state index contributed by atoms with van der Waals surface area (Å²) in [6, 6.07) is 15.6. The Hall–Kier alpha value is -2.76. The fourth-order valence-corrected chi connectivity index (χ4v) is 2.84. The standard InChI is InChI=1S/C22H22ClNO4/c1-3-14(2)27-17-6-4-5-15(11-17)22(26)24-16-7-9-20(23)19(12-16)21-10-8-18(13-25)28-21/h4-12,14,25H,3,13H2,1-2H3,(H,24,26). The number of ether oxygens (including phenoxy) is 1. The summed E-state index contributed by atoms with van der Waals surface area (Å²) in [7, 11) is 0.